The molecule has 1 heterocycles. The predicted molar refractivity (Wildman–Crippen MR) is 72.4 cm³/mol. The van der Waals surface area contributed by atoms with Crippen molar-refractivity contribution in [3.8, 4) is 0 Å². The minimum absolute atomic E-state index is 0.109. The average molecular weight is 295 g/mol. The van der Waals surface area contributed by atoms with Crippen LogP contribution in [0.15, 0.2) is 12.4 Å². The van der Waals surface area contributed by atoms with E-state index < -0.39 is 16.9 Å². The van der Waals surface area contributed by atoms with Crippen LogP contribution in [0.4, 0.5) is 10.5 Å². The first kappa shape index (κ1) is 14.9. The highest BCUT2D eigenvalue weighted by atomic mass is 16.6. The minimum atomic E-state index is -0.600. The maximum absolute atomic E-state index is 11.6. The van der Waals surface area contributed by atoms with Gasteiger partial charge in [-0.1, -0.05) is 19.3 Å². The molecule has 0 atom stereocenters. The zero-order valence-corrected chi connectivity index (χ0v) is 11.4. The SMILES string of the molecule is O=C(Cn1cc([N+](=O)[O-])cn1)NC(=O)NC1CCCCC1. The van der Waals surface area contributed by atoms with E-state index in [4.69, 9.17) is 0 Å². The number of aromatic nitrogens is 2. The fourth-order valence-corrected chi connectivity index (χ4v) is 2.32. The number of rotatable bonds is 4. The molecule has 1 aliphatic carbocycles. The molecule has 1 fully saturated rings. The molecule has 0 saturated heterocycles. The zero-order valence-electron chi connectivity index (χ0n) is 11.4. The van der Waals surface area contributed by atoms with E-state index in [0.717, 1.165) is 42.8 Å². The molecule has 1 aromatic heterocycles. The van der Waals surface area contributed by atoms with Gasteiger partial charge in [0, 0.05) is 6.04 Å². The highest BCUT2D eigenvalue weighted by Crippen LogP contribution is 2.17. The zero-order chi connectivity index (χ0) is 15.2. The van der Waals surface area contributed by atoms with E-state index >= 15 is 0 Å². The summed E-state index contributed by atoms with van der Waals surface area (Å²) in [6.45, 7) is -0.244. The highest BCUT2D eigenvalue weighted by molar-refractivity contribution is 5.94. The Morgan fingerprint density at radius 3 is 2.71 bits per heavy atom. The van der Waals surface area contributed by atoms with Gasteiger partial charge in [0.05, 0.1) is 4.92 Å². The van der Waals surface area contributed by atoms with Crippen molar-refractivity contribution in [2.45, 2.75) is 44.7 Å². The summed E-state index contributed by atoms with van der Waals surface area (Å²) in [4.78, 5) is 33.2. The van der Waals surface area contributed by atoms with Crippen LogP contribution < -0.4 is 10.6 Å². The Morgan fingerprint density at radius 2 is 2.10 bits per heavy atom. The van der Waals surface area contributed by atoms with Gasteiger partial charge in [0.15, 0.2) is 0 Å². The molecule has 9 nitrogen and oxygen atoms in total. The van der Waals surface area contributed by atoms with Crippen LogP contribution in [0.25, 0.3) is 0 Å². The summed E-state index contributed by atoms with van der Waals surface area (Å²) in [6.07, 6.45) is 7.37. The Balaban J connectivity index is 1.77. The van der Waals surface area contributed by atoms with Gasteiger partial charge in [0.1, 0.15) is 18.9 Å². The topological polar surface area (TPSA) is 119 Å². The van der Waals surface area contributed by atoms with Gasteiger partial charge in [0.2, 0.25) is 5.91 Å². The van der Waals surface area contributed by atoms with Gasteiger partial charge in [-0.05, 0) is 12.8 Å². The number of nitrogens with zero attached hydrogens (tertiary/aromatic N) is 3. The molecule has 1 aliphatic rings. The molecule has 2 rings (SSSR count). The second-order valence-electron chi connectivity index (χ2n) is 5.01. The summed E-state index contributed by atoms with van der Waals surface area (Å²) in [7, 11) is 0. The monoisotopic (exact) mass is 295 g/mol. The highest BCUT2D eigenvalue weighted by Gasteiger charge is 2.17. The van der Waals surface area contributed by atoms with Crippen LogP contribution in [0.3, 0.4) is 0 Å². The van der Waals surface area contributed by atoms with Crippen LogP contribution in [-0.2, 0) is 11.3 Å². The molecule has 0 spiro atoms. The fourth-order valence-electron chi connectivity index (χ4n) is 2.32. The molecular formula is C12H17N5O4. The van der Waals surface area contributed by atoms with Crippen LogP contribution in [0.5, 0.6) is 0 Å². The molecule has 21 heavy (non-hydrogen) atoms. The normalized spacial score (nSPS) is 15.4. The quantitative estimate of drug-likeness (QED) is 0.633. The van der Waals surface area contributed by atoms with Crippen LogP contribution in [0.2, 0.25) is 0 Å². The van der Waals surface area contributed by atoms with E-state index in [-0.39, 0.29) is 18.3 Å². The number of imide groups is 1. The molecule has 0 bridgehead atoms. The summed E-state index contributed by atoms with van der Waals surface area (Å²) >= 11 is 0. The number of urea groups is 1. The van der Waals surface area contributed by atoms with Crippen molar-refractivity contribution in [3.63, 3.8) is 0 Å². The number of hydrogen-bond donors (Lipinski definition) is 2. The van der Waals surface area contributed by atoms with Crippen LogP contribution >= 0.6 is 0 Å². The molecular weight excluding hydrogens is 278 g/mol. The van der Waals surface area contributed by atoms with E-state index in [1.54, 1.807) is 0 Å². The molecule has 114 valence electrons. The third-order valence-corrected chi connectivity index (χ3v) is 3.33. The fraction of sp³-hybridized carbons (Fsp3) is 0.583. The lowest BCUT2D eigenvalue weighted by atomic mass is 9.96. The summed E-state index contributed by atoms with van der Waals surface area (Å²) < 4.78 is 1.11. The molecule has 3 amide bonds. The summed E-state index contributed by atoms with van der Waals surface area (Å²) in [5.74, 6) is -0.568. The number of carbonyl (C=O) groups is 2. The summed E-state index contributed by atoms with van der Waals surface area (Å²) in [6, 6.07) is -0.425. The van der Waals surface area contributed by atoms with E-state index in [1.165, 1.54) is 6.42 Å². The molecule has 1 saturated carbocycles. The van der Waals surface area contributed by atoms with Gasteiger partial charge in [0.25, 0.3) is 0 Å². The van der Waals surface area contributed by atoms with E-state index in [9.17, 15) is 19.7 Å². The summed E-state index contributed by atoms with van der Waals surface area (Å²) in [5.41, 5.74) is -0.200. The maximum Gasteiger partial charge on any atom is 0.321 e. The second-order valence-corrected chi connectivity index (χ2v) is 5.01. The van der Waals surface area contributed by atoms with Crippen molar-refractivity contribution < 1.29 is 14.5 Å². The number of hydrogen-bond acceptors (Lipinski definition) is 5. The molecule has 1 aromatic rings. The third-order valence-electron chi connectivity index (χ3n) is 3.33. The largest absolute Gasteiger partial charge is 0.335 e. The van der Waals surface area contributed by atoms with E-state index in [1.807, 2.05) is 0 Å². The van der Waals surface area contributed by atoms with E-state index in [0.29, 0.717) is 0 Å². The Bertz CT molecular complexity index is 536. The van der Waals surface area contributed by atoms with Gasteiger partial charge in [-0.25, -0.2) is 4.79 Å². The standard InChI is InChI=1S/C12H17N5O4/c18-11(8-16-7-10(6-13-16)17(20)21)15-12(19)14-9-4-2-1-3-5-9/h6-7,9H,1-5,8H2,(H2,14,15,18,19). The molecule has 9 heteroatoms. The van der Waals surface area contributed by atoms with Gasteiger partial charge in [-0.3, -0.25) is 24.9 Å². The smallest absolute Gasteiger partial charge is 0.321 e. The second kappa shape index (κ2) is 6.82. The predicted octanol–water partition coefficient (Wildman–Crippen LogP) is 0.950. The molecule has 0 aromatic carbocycles. The van der Waals surface area contributed by atoms with Gasteiger partial charge < -0.3 is 5.32 Å². The van der Waals surface area contributed by atoms with Gasteiger partial charge in [-0.15, -0.1) is 0 Å². The van der Waals surface area contributed by atoms with Crippen LogP contribution in [-0.4, -0.2) is 32.7 Å². The van der Waals surface area contributed by atoms with Crippen LogP contribution in [0.1, 0.15) is 32.1 Å². The summed E-state index contributed by atoms with van der Waals surface area (Å²) in [5, 5.41) is 19.1. The lowest BCUT2D eigenvalue weighted by molar-refractivity contribution is -0.385. The van der Waals surface area contributed by atoms with Crippen molar-refractivity contribution in [3.05, 3.63) is 22.5 Å². The Hall–Kier alpha value is -2.45. The minimum Gasteiger partial charge on any atom is -0.335 e. The third kappa shape index (κ3) is 4.55. The van der Waals surface area contributed by atoms with Crippen molar-refractivity contribution >= 4 is 17.6 Å². The number of nitro groups is 1. The van der Waals surface area contributed by atoms with E-state index in [2.05, 4.69) is 15.7 Å². The molecule has 0 unspecified atom stereocenters. The molecule has 0 radical (unpaired) electrons. The van der Waals surface area contributed by atoms with Gasteiger partial charge >= 0.3 is 11.7 Å². The lowest BCUT2D eigenvalue weighted by Gasteiger charge is -2.22. The maximum atomic E-state index is 11.6. The first-order valence-corrected chi connectivity index (χ1v) is 6.82. The van der Waals surface area contributed by atoms with Crippen molar-refractivity contribution in [2.24, 2.45) is 0 Å². The van der Waals surface area contributed by atoms with Crippen LogP contribution in [0, 0.1) is 10.1 Å². The van der Waals surface area contributed by atoms with Crippen molar-refractivity contribution in [1.82, 2.24) is 20.4 Å². The average Bonchev–Trinajstić information content (AvgIpc) is 2.88. The Kier molecular flexibility index (Phi) is 4.85. The number of carbonyl (C=O) groups excluding carboxylic acids is 2. The number of nitrogens with one attached hydrogen (secondary N) is 2. The van der Waals surface area contributed by atoms with Gasteiger partial charge in [-0.2, -0.15) is 5.10 Å². The lowest BCUT2D eigenvalue weighted by Crippen LogP contribution is -2.46. The first-order valence-electron chi connectivity index (χ1n) is 6.82. The Labute approximate surface area is 120 Å². The first-order chi connectivity index (χ1) is 10.0. The van der Waals surface area contributed by atoms with Crippen molar-refractivity contribution in [2.75, 3.05) is 0 Å². The molecule has 2 N–H and O–H groups in total. The van der Waals surface area contributed by atoms with Crippen molar-refractivity contribution in [1.29, 1.82) is 0 Å². The molecule has 0 aliphatic heterocycles. The Morgan fingerprint density at radius 1 is 1.38 bits per heavy atom. The number of amides is 3.